The fourth-order valence-electron chi connectivity index (χ4n) is 1.74. The zero-order chi connectivity index (χ0) is 12.6. The van der Waals surface area contributed by atoms with Gasteiger partial charge in [0.1, 0.15) is 11.5 Å². The van der Waals surface area contributed by atoms with Gasteiger partial charge in [-0.05, 0) is 44.2 Å². The standard InChI is InChI=1S/C15H19NO2/c1-13(15-9-5-11-18-15)16-10-6-12-17-14-7-3-2-4-8-14/h2-5,7-9,11,13,16H,6,10,12H2,1H3/t13-/m0/s1. The highest BCUT2D eigenvalue weighted by Gasteiger charge is 2.06. The van der Waals surface area contributed by atoms with Crippen LogP contribution in [0.5, 0.6) is 5.75 Å². The molecule has 3 nitrogen and oxygen atoms in total. The molecule has 1 N–H and O–H groups in total. The van der Waals surface area contributed by atoms with Gasteiger partial charge in [-0.1, -0.05) is 18.2 Å². The molecule has 0 fully saturated rings. The van der Waals surface area contributed by atoms with Gasteiger partial charge in [0.25, 0.3) is 0 Å². The van der Waals surface area contributed by atoms with Crippen molar-refractivity contribution in [2.24, 2.45) is 0 Å². The summed E-state index contributed by atoms with van der Waals surface area (Å²) in [7, 11) is 0. The van der Waals surface area contributed by atoms with E-state index in [4.69, 9.17) is 9.15 Å². The average Bonchev–Trinajstić information content (AvgIpc) is 2.93. The van der Waals surface area contributed by atoms with Crippen molar-refractivity contribution >= 4 is 0 Å². The minimum absolute atomic E-state index is 0.247. The third-order valence-electron chi connectivity index (χ3n) is 2.75. The summed E-state index contributed by atoms with van der Waals surface area (Å²) in [6, 6.07) is 14.0. The van der Waals surface area contributed by atoms with Crippen LogP contribution in [0.3, 0.4) is 0 Å². The molecule has 1 aromatic carbocycles. The molecule has 3 heteroatoms. The molecule has 0 saturated heterocycles. The Morgan fingerprint density at radius 3 is 2.72 bits per heavy atom. The number of hydrogen-bond donors (Lipinski definition) is 1. The van der Waals surface area contributed by atoms with Gasteiger partial charge in [0.2, 0.25) is 0 Å². The first-order valence-corrected chi connectivity index (χ1v) is 6.31. The van der Waals surface area contributed by atoms with E-state index in [0.29, 0.717) is 0 Å². The molecular formula is C15H19NO2. The quantitative estimate of drug-likeness (QED) is 0.759. The van der Waals surface area contributed by atoms with Gasteiger partial charge in [-0.25, -0.2) is 0 Å². The second-order valence-corrected chi connectivity index (χ2v) is 4.21. The number of rotatable bonds is 7. The number of hydrogen-bond acceptors (Lipinski definition) is 3. The average molecular weight is 245 g/mol. The molecule has 2 rings (SSSR count). The Kier molecular flexibility index (Phi) is 4.85. The third kappa shape index (κ3) is 3.93. The van der Waals surface area contributed by atoms with Crippen molar-refractivity contribution in [3.63, 3.8) is 0 Å². The second kappa shape index (κ2) is 6.87. The normalized spacial score (nSPS) is 12.3. The van der Waals surface area contributed by atoms with Crippen LogP contribution in [-0.2, 0) is 0 Å². The summed E-state index contributed by atoms with van der Waals surface area (Å²) >= 11 is 0. The summed E-state index contributed by atoms with van der Waals surface area (Å²) in [5.74, 6) is 1.90. The number of ether oxygens (including phenoxy) is 1. The smallest absolute Gasteiger partial charge is 0.120 e. The van der Waals surface area contributed by atoms with Gasteiger partial charge in [-0.2, -0.15) is 0 Å². The molecule has 96 valence electrons. The van der Waals surface area contributed by atoms with Crippen molar-refractivity contribution in [2.45, 2.75) is 19.4 Å². The second-order valence-electron chi connectivity index (χ2n) is 4.21. The van der Waals surface area contributed by atoms with Crippen molar-refractivity contribution < 1.29 is 9.15 Å². The molecule has 18 heavy (non-hydrogen) atoms. The van der Waals surface area contributed by atoms with E-state index in [2.05, 4.69) is 12.2 Å². The Bertz CT molecular complexity index is 425. The molecule has 0 aliphatic rings. The maximum Gasteiger partial charge on any atom is 0.120 e. The van der Waals surface area contributed by atoms with Crippen LogP contribution in [0.25, 0.3) is 0 Å². The van der Waals surface area contributed by atoms with Crippen LogP contribution in [0.1, 0.15) is 25.1 Å². The number of nitrogens with one attached hydrogen (secondary N) is 1. The van der Waals surface area contributed by atoms with Gasteiger partial charge in [0, 0.05) is 0 Å². The highest BCUT2D eigenvalue weighted by atomic mass is 16.5. The molecule has 2 aromatic rings. The van der Waals surface area contributed by atoms with E-state index in [-0.39, 0.29) is 6.04 Å². The summed E-state index contributed by atoms with van der Waals surface area (Å²) in [6.07, 6.45) is 2.67. The topological polar surface area (TPSA) is 34.4 Å². The molecule has 0 bridgehead atoms. The molecule has 0 spiro atoms. The zero-order valence-electron chi connectivity index (χ0n) is 10.6. The van der Waals surface area contributed by atoms with Crippen LogP contribution in [0.15, 0.2) is 53.1 Å². The fraction of sp³-hybridized carbons (Fsp3) is 0.333. The van der Waals surface area contributed by atoms with Crippen LogP contribution in [0, 0.1) is 0 Å². The van der Waals surface area contributed by atoms with Gasteiger partial charge in [0.15, 0.2) is 0 Å². The minimum atomic E-state index is 0.247. The number of para-hydroxylation sites is 1. The van der Waals surface area contributed by atoms with Crippen LogP contribution < -0.4 is 10.1 Å². The maximum atomic E-state index is 5.62. The summed E-state index contributed by atoms with van der Waals surface area (Å²) in [5.41, 5.74) is 0. The Morgan fingerprint density at radius 2 is 2.00 bits per heavy atom. The number of furan rings is 1. The van der Waals surface area contributed by atoms with Gasteiger partial charge in [-0.3, -0.25) is 0 Å². The fourth-order valence-corrected chi connectivity index (χ4v) is 1.74. The molecule has 0 aliphatic heterocycles. The number of benzene rings is 1. The first-order valence-electron chi connectivity index (χ1n) is 6.31. The first kappa shape index (κ1) is 12.7. The Balaban J connectivity index is 1.59. The minimum Gasteiger partial charge on any atom is -0.494 e. The largest absolute Gasteiger partial charge is 0.494 e. The van der Waals surface area contributed by atoms with Crippen molar-refractivity contribution in [1.29, 1.82) is 0 Å². The predicted molar refractivity (Wildman–Crippen MR) is 71.7 cm³/mol. The predicted octanol–water partition coefficient (Wildman–Crippen LogP) is 3.40. The van der Waals surface area contributed by atoms with Gasteiger partial charge in [0.05, 0.1) is 18.9 Å². The van der Waals surface area contributed by atoms with E-state index >= 15 is 0 Å². The van der Waals surface area contributed by atoms with E-state index in [1.165, 1.54) is 0 Å². The van der Waals surface area contributed by atoms with E-state index < -0.39 is 0 Å². The Hall–Kier alpha value is -1.74. The maximum absolute atomic E-state index is 5.62. The highest BCUT2D eigenvalue weighted by Crippen LogP contribution is 2.12. The van der Waals surface area contributed by atoms with Gasteiger partial charge < -0.3 is 14.5 Å². The van der Waals surface area contributed by atoms with Crippen molar-refractivity contribution in [3.05, 3.63) is 54.5 Å². The zero-order valence-corrected chi connectivity index (χ0v) is 10.6. The van der Waals surface area contributed by atoms with E-state index in [9.17, 15) is 0 Å². The molecule has 1 atom stereocenters. The molecule has 0 radical (unpaired) electrons. The van der Waals surface area contributed by atoms with E-state index in [0.717, 1.165) is 31.1 Å². The van der Waals surface area contributed by atoms with Crippen LogP contribution in [0.2, 0.25) is 0 Å². The summed E-state index contributed by atoms with van der Waals surface area (Å²) in [5, 5.41) is 3.40. The molecular weight excluding hydrogens is 226 g/mol. The SMILES string of the molecule is C[C@H](NCCCOc1ccccc1)c1ccco1. The lowest BCUT2D eigenvalue weighted by Gasteiger charge is -2.11. The monoisotopic (exact) mass is 245 g/mol. The Morgan fingerprint density at radius 1 is 1.17 bits per heavy atom. The molecule has 1 aromatic heterocycles. The molecule has 0 saturated carbocycles. The van der Waals surface area contributed by atoms with Crippen LogP contribution >= 0.6 is 0 Å². The lowest BCUT2D eigenvalue weighted by molar-refractivity contribution is 0.303. The van der Waals surface area contributed by atoms with E-state index in [1.54, 1.807) is 6.26 Å². The third-order valence-corrected chi connectivity index (χ3v) is 2.75. The van der Waals surface area contributed by atoms with Crippen LogP contribution in [0.4, 0.5) is 0 Å². The van der Waals surface area contributed by atoms with Crippen molar-refractivity contribution in [1.82, 2.24) is 5.32 Å². The molecule has 0 unspecified atom stereocenters. The van der Waals surface area contributed by atoms with Gasteiger partial charge >= 0.3 is 0 Å². The Labute approximate surface area is 108 Å². The molecule has 0 amide bonds. The molecule has 0 aliphatic carbocycles. The van der Waals surface area contributed by atoms with Crippen molar-refractivity contribution in [2.75, 3.05) is 13.2 Å². The summed E-state index contributed by atoms with van der Waals surface area (Å²) in [6.45, 7) is 3.73. The lowest BCUT2D eigenvalue weighted by atomic mass is 10.2. The highest BCUT2D eigenvalue weighted by molar-refractivity contribution is 5.20. The van der Waals surface area contributed by atoms with Crippen molar-refractivity contribution in [3.8, 4) is 5.75 Å². The van der Waals surface area contributed by atoms with Gasteiger partial charge in [-0.15, -0.1) is 0 Å². The first-order chi connectivity index (χ1) is 8.86. The molecule has 1 heterocycles. The summed E-state index contributed by atoms with van der Waals surface area (Å²) < 4.78 is 10.9. The van der Waals surface area contributed by atoms with E-state index in [1.807, 2.05) is 42.5 Å². The van der Waals surface area contributed by atoms with Crippen LogP contribution in [-0.4, -0.2) is 13.2 Å². The summed E-state index contributed by atoms with van der Waals surface area (Å²) in [4.78, 5) is 0. The lowest BCUT2D eigenvalue weighted by Crippen LogP contribution is -2.21.